The monoisotopic (exact) mass is 391 g/mol. The second-order valence-corrected chi connectivity index (χ2v) is 8.79. The van der Waals surface area contributed by atoms with Gasteiger partial charge in [0.2, 0.25) is 15.9 Å². The molecule has 0 spiro atoms. The minimum atomic E-state index is -3.68. The average molecular weight is 391 g/mol. The molecule has 0 saturated carbocycles. The highest BCUT2D eigenvalue weighted by atomic mass is 32.2. The van der Waals surface area contributed by atoms with Crippen molar-refractivity contribution in [3.63, 3.8) is 0 Å². The summed E-state index contributed by atoms with van der Waals surface area (Å²) < 4.78 is 34.9. The highest BCUT2D eigenvalue weighted by Crippen LogP contribution is 2.30. The zero-order valence-corrected chi connectivity index (χ0v) is 16.0. The van der Waals surface area contributed by atoms with Crippen molar-refractivity contribution >= 4 is 21.6 Å². The number of aromatic nitrogens is 3. The third-order valence-corrected chi connectivity index (χ3v) is 6.75. The first-order chi connectivity index (χ1) is 12.9. The van der Waals surface area contributed by atoms with Crippen LogP contribution in [-0.2, 0) is 39.1 Å². The second kappa shape index (κ2) is 6.70. The molecular formula is C17H21N5O4S. The van der Waals surface area contributed by atoms with E-state index in [2.05, 4.69) is 15.5 Å². The van der Waals surface area contributed by atoms with Crippen molar-refractivity contribution < 1.29 is 17.9 Å². The van der Waals surface area contributed by atoms with E-state index in [0.717, 1.165) is 5.56 Å². The van der Waals surface area contributed by atoms with Crippen LogP contribution in [0.3, 0.4) is 0 Å². The van der Waals surface area contributed by atoms with Gasteiger partial charge in [0.25, 0.3) is 0 Å². The Hall–Kier alpha value is -2.30. The molecule has 1 N–H and O–H groups in total. The number of rotatable bonds is 4. The van der Waals surface area contributed by atoms with Gasteiger partial charge in [-0.2, -0.15) is 4.31 Å². The molecule has 0 saturated heterocycles. The lowest BCUT2D eigenvalue weighted by atomic mass is 10.0. The summed E-state index contributed by atoms with van der Waals surface area (Å²) in [4.78, 5) is 11.7. The molecule has 1 atom stereocenters. The molecule has 4 rings (SSSR count). The summed E-state index contributed by atoms with van der Waals surface area (Å²) >= 11 is 0. The van der Waals surface area contributed by atoms with Gasteiger partial charge in [-0.25, -0.2) is 8.42 Å². The molecule has 0 fully saturated rings. The number of carbonyl (C=O) groups excluding carboxylic acids is 1. The maximum atomic E-state index is 13.2. The van der Waals surface area contributed by atoms with Crippen molar-refractivity contribution in [2.45, 2.75) is 43.9 Å². The zero-order valence-electron chi connectivity index (χ0n) is 15.2. The minimum absolute atomic E-state index is 0.0471. The lowest BCUT2D eigenvalue weighted by Crippen LogP contribution is -2.40. The van der Waals surface area contributed by atoms with Gasteiger partial charge in [-0.15, -0.1) is 10.2 Å². The van der Waals surface area contributed by atoms with Crippen molar-refractivity contribution in [2.24, 2.45) is 0 Å². The standard InChI is InChI=1S/C17H21N5O4S/c1-11-8-21(9-15-19-20-16(10-26-2)22(11)15)27(24,25)13-4-5-14-12(7-13)3-6-17(23)18-14/h4-5,7,11H,3,6,8-10H2,1-2H3,(H,18,23)/t11-/m0/s1. The molecule has 9 nitrogen and oxygen atoms in total. The Bertz CT molecular complexity index is 1000. The molecule has 27 heavy (non-hydrogen) atoms. The summed E-state index contributed by atoms with van der Waals surface area (Å²) in [5.41, 5.74) is 1.52. The highest BCUT2D eigenvalue weighted by Gasteiger charge is 2.34. The summed E-state index contributed by atoms with van der Waals surface area (Å²) in [7, 11) is -2.09. The molecule has 144 valence electrons. The van der Waals surface area contributed by atoms with Crippen LogP contribution in [0.25, 0.3) is 0 Å². The van der Waals surface area contributed by atoms with Crippen LogP contribution in [0.4, 0.5) is 5.69 Å². The van der Waals surface area contributed by atoms with Gasteiger partial charge in [-0.3, -0.25) is 4.79 Å². The predicted molar refractivity (Wildman–Crippen MR) is 96.4 cm³/mol. The Morgan fingerprint density at radius 3 is 2.89 bits per heavy atom. The van der Waals surface area contributed by atoms with Crippen LogP contribution in [0.5, 0.6) is 0 Å². The van der Waals surface area contributed by atoms with Gasteiger partial charge in [0, 0.05) is 31.8 Å². The van der Waals surface area contributed by atoms with Gasteiger partial charge in [-0.1, -0.05) is 0 Å². The summed E-state index contributed by atoms with van der Waals surface area (Å²) in [5, 5.41) is 11.0. The van der Waals surface area contributed by atoms with E-state index in [1.54, 1.807) is 25.3 Å². The summed E-state index contributed by atoms with van der Waals surface area (Å²) in [5.74, 6) is 1.25. The van der Waals surface area contributed by atoms with E-state index in [0.29, 0.717) is 43.3 Å². The minimum Gasteiger partial charge on any atom is -0.377 e. The van der Waals surface area contributed by atoms with Crippen LogP contribution in [0.1, 0.15) is 36.6 Å². The number of hydrogen-bond donors (Lipinski definition) is 1. The first kappa shape index (κ1) is 18.1. The Morgan fingerprint density at radius 2 is 2.11 bits per heavy atom. The molecule has 0 unspecified atom stereocenters. The lowest BCUT2D eigenvalue weighted by Gasteiger charge is -2.32. The van der Waals surface area contributed by atoms with E-state index in [1.807, 2.05) is 11.5 Å². The molecule has 10 heteroatoms. The molecule has 1 aromatic heterocycles. The number of nitrogens with zero attached hydrogens (tertiary/aromatic N) is 4. The van der Waals surface area contributed by atoms with E-state index in [9.17, 15) is 13.2 Å². The van der Waals surface area contributed by atoms with E-state index in [1.165, 1.54) is 4.31 Å². The summed E-state index contributed by atoms with van der Waals surface area (Å²) in [6.45, 7) is 2.77. The van der Waals surface area contributed by atoms with Crippen molar-refractivity contribution in [3.8, 4) is 0 Å². The zero-order chi connectivity index (χ0) is 19.2. The number of ether oxygens (including phenoxy) is 1. The molecule has 3 heterocycles. The smallest absolute Gasteiger partial charge is 0.243 e. The molecule has 1 aromatic carbocycles. The SMILES string of the molecule is COCc1nnc2n1[C@@H](C)CN(S(=O)(=O)c1ccc3c(c1)CCC(=O)N3)C2. The lowest BCUT2D eigenvalue weighted by molar-refractivity contribution is -0.116. The van der Waals surface area contributed by atoms with Crippen LogP contribution in [0.2, 0.25) is 0 Å². The van der Waals surface area contributed by atoms with Gasteiger partial charge >= 0.3 is 0 Å². The van der Waals surface area contributed by atoms with Crippen LogP contribution in [0, 0.1) is 0 Å². The van der Waals surface area contributed by atoms with Gasteiger partial charge in [-0.05, 0) is 37.1 Å². The van der Waals surface area contributed by atoms with Gasteiger partial charge in [0.15, 0.2) is 5.82 Å². The fraction of sp³-hybridized carbons (Fsp3) is 0.471. The predicted octanol–water partition coefficient (Wildman–Crippen LogP) is 1.07. The number of anilines is 1. The van der Waals surface area contributed by atoms with Crippen molar-refractivity contribution in [2.75, 3.05) is 19.0 Å². The van der Waals surface area contributed by atoms with Crippen LogP contribution >= 0.6 is 0 Å². The van der Waals surface area contributed by atoms with Gasteiger partial charge in [0.05, 0.1) is 11.4 Å². The number of fused-ring (bicyclic) bond motifs is 2. The van der Waals surface area contributed by atoms with Crippen molar-refractivity contribution in [1.82, 2.24) is 19.1 Å². The fourth-order valence-electron chi connectivity index (χ4n) is 3.66. The first-order valence-electron chi connectivity index (χ1n) is 8.74. The molecule has 0 radical (unpaired) electrons. The van der Waals surface area contributed by atoms with Crippen LogP contribution < -0.4 is 5.32 Å². The number of amides is 1. The Kier molecular flexibility index (Phi) is 4.49. The number of nitrogens with one attached hydrogen (secondary N) is 1. The third-order valence-electron chi connectivity index (χ3n) is 4.95. The molecule has 2 aliphatic heterocycles. The van der Waals surface area contributed by atoms with Gasteiger partial charge < -0.3 is 14.6 Å². The van der Waals surface area contributed by atoms with E-state index < -0.39 is 10.0 Å². The molecule has 2 aliphatic rings. The summed E-state index contributed by atoms with van der Waals surface area (Å²) in [6, 6.07) is 4.76. The molecule has 2 aromatic rings. The Morgan fingerprint density at radius 1 is 1.30 bits per heavy atom. The molecule has 0 bridgehead atoms. The highest BCUT2D eigenvalue weighted by molar-refractivity contribution is 7.89. The van der Waals surface area contributed by atoms with E-state index in [-0.39, 0.29) is 23.4 Å². The second-order valence-electron chi connectivity index (χ2n) is 6.85. The van der Waals surface area contributed by atoms with Crippen LogP contribution in [0.15, 0.2) is 23.1 Å². The number of aryl methyl sites for hydroxylation is 1. The average Bonchev–Trinajstić information content (AvgIpc) is 3.05. The van der Waals surface area contributed by atoms with Crippen molar-refractivity contribution in [1.29, 1.82) is 0 Å². The van der Waals surface area contributed by atoms with Gasteiger partial charge in [0.1, 0.15) is 12.4 Å². The fourth-order valence-corrected chi connectivity index (χ4v) is 5.18. The van der Waals surface area contributed by atoms with E-state index >= 15 is 0 Å². The topological polar surface area (TPSA) is 106 Å². The van der Waals surface area contributed by atoms with Crippen molar-refractivity contribution in [3.05, 3.63) is 35.4 Å². The molecule has 0 aliphatic carbocycles. The Labute approximate surface area is 157 Å². The normalized spacial score (nSPS) is 20.1. The largest absolute Gasteiger partial charge is 0.377 e. The van der Waals surface area contributed by atoms with Crippen LogP contribution in [-0.4, -0.2) is 47.0 Å². The summed E-state index contributed by atoms with van der Waals surface area (Å²) in [6.07, 6.45) is 0.901. The number of carbonyl (C=O) groups is 1. The van der Waals surface area contributed by atoms with E-state index in [4.69, 9.17) is 4.74 Å². The Balaban J connectivity index is 1.64. The first-order valence-corrected chi connectivity index (χ1v) is 10.2. The molecular weight excluding hydrogens is 370 g/mol. The quantitative estimate of drug-likeness (QED) is 0.836. The number of sulfonamides is 1. The maximum Gasteiger partial charge on any atom is 0.243 e. The number of benzene rings is 1. The number of hydrogen-bond acceptors (Lipinski definition) is 6. The maximum absolute atomic E-state index is 13.2. The molecule has 1 amide bonds. The third kappa shape index (κ3) is 3.13. The number of methoxy groups -OCH3 is 1.